The summed E-state index contributed by atoms with van der Waals surface area (Å²) in [6.45, 7) is 3.95. The zero-order chi connectivity index (χ0) is 14.7. The fourth-order valence-electron chi connectivity index (χ4n) is 2.04. The summed E-state index contributed by atoms with van der Waals surface area (Å²) in [6.07, 6.45) is 2.89. The van der Waals surface area contributed by atoms with Gasteiger partial charge in [-0.1, -0.05) is 6.92 Å². The van der Waals surface area contributed by atoms with Gasteiger partial charge in [-0.2, -0.15) is 5.10 Å². The van der Waals surface area contributed by atoms with Crippen molar-refractivity contribution in [3.63, 3.8) is 0 Å². The van der Waals surface area contributed by atoms with E-state index in [-0.39, 0.29) is 6.04 Å². The molecule has 0 bridgehead atoms. The molecule has 0 amide bonds. The lowest BCUT2D eigenvalue weighted by molar-refractivity contribution is 0.368. The van der Waals surface area contributed by atoms with Crippen LogP contribution < -0.4 is 5.73 Å². The van der Waals surface area contributed by atoms with Gasteiger partial charge in [0.2, 0.25) is 0 Å². The van der Waals surface area contributed by atoms with E-state index >= 15 is 0 Å². The average molecular weight is 357 g/mol. The van der Waals surface area contributed by atoms with Gasteiger partial charge in [0, 0.05) is 16.3 Å². The van der Waals surface area contributed by atoms with Crippen LogP contribution in [0.25, 0.3) is 0 Å². The van der Waals surface area contributed by atoms with Gasteiger partial charge in [-0.3, -0.25) is 4.68 Å². The monoisotopic (exact) mass is 356 g/mol. The van der Waals surface area contributed by atoms with E-state index in [1.54, 1.807) is 11.3 Å². The summed E-state index contributed by atoms with van der Waals surface area (Å²) in [5, 5.41) is 4.43. The van der Waals surface area contributed by atoms with Crippen LogP contribution in [0, 0.1) is 0 Å². The van der Waals surface area contributed by atoms with E-state index in [1.807, 2.05) is 10.9 Å². The number of aromatic nitrogens is 2. The minimum atomic E-state index is -0.126. The van der Waals surface area contributed by atoms with Crippen molar-refractivity contribution in [1.82, 2.24) is 14.7 Å². The summed E-state index contributed by atoms with van der Waals surface area (Å²) in [4.78, 5) is 4.70. The molecule has 110 valence electrons. The number of halogens is 1. The van der Waals surface area contributed by atoms with Crippen LogP contribution in [0.4, 0.5) is 0 Å². The predicted octanol–water partition coefficient (Wildman–Crippen LogP) is 2.88. The highest BCUT2D eigenvalue weighted by Crippen LogP contribution is 2.31. The van der Waals surface area contributed by atoms with Crippen molar-refractivity contribution >= 4 is 27.3 Å². The van der Waals surface area contributed by atoms with Gasteiger partial charge in [0.15, 0.2) is 0 Å². The van der Waals surface area contributed by atoms with Crippen molar-refractivity contribution < 1.29 is 0 Å². The van der Waals surface area contributed by atoms with E-state index in [2.05, 4.69) is 59.1 Å². The first kappa shape index (κ1) is 15.7. The molecule has 0 saturated heterocycles. The zero-order valence-corrected chi connectivity index (χ0v) is 14.5. The molecule has 2 N–H and O–H groups in total. The van der Waals surface area contributed by atoms with E-state index < -0.39 is 0 Å². The Bertz CT molecular complexity index is 561. The Morgan fingerprint density at radius 3 is 2.80 bits per heavy atom. The summed E-state index contributed by atoms with van der Waals surface area (Å²) in [5.74, 6) is 0. The van der Waals surface area contributed by atoms with Crippen LogP contribution in [-0.4, -0.2) is 35.3 Å². The van der Waals surface area contributed by atoms with Crippen molar-refractivity contribution in [3.8, 4) is 0 Å². The van der Waals surface area contributed by atoms with Crippen LogP contribution in [-0.2, 0) is 13.0 Å². The van der Waals surface area contributed by atoms with Gasteiger partial charge in [0.05, 0.1) is 29.0 Å². The number of thiophene rings is 1. The molecule has 0 spiro atoms. The number of rotatable bonds is 6. The number of nitrogens with zero attached hydrogens (tertiary/aromatic N) is 3. The highest BCUT2D eigenvalue weighted by Gasteiger charge is 2.19. The minimum Gasteiger partial charge on any atom is -0.318 e. The predicted molar refractivity (Wildman–Crippen MR) is 88.2 cm³/mol. The van der Waals surface area contributed by atoms with Crippen LogP contribution in [0.3, 0.4) is 0 Å². The summed E-state index contributed by atoms with van der Waals surface area (Å²) in [7, 11) is 4.12. The normalized spacial score (nSPS) is 13.1. The highest BCUT2D eigenvalue weighted by atomic mass is 79.9. The van der Waals surface area contributed by atoms with Gasteiger partial charge >= 0.3 is 0 Å². The smallest absolute Gasteiger partial charge is 0.0828 e. The molecule has 0 aliphatic heterocycles. The van der Waals surface area contributed by atoms with Gasteiger partial charge in [-0.15, -0.1) is 11.3 Å². The van der Waals surface area contributed by atoms with E-state index in [1.165, 1.54) is 9.75 Å². The third-order valence-electron chi connectivity index (χ3n) is 3.22. The van der Waals surface area contributed by atoms with Crippen LogP contribution >= 0.6 is 27.3 Å². The fourth-order valence-corrected chi connectivity index (χ4v) is 3.54. The summed E-state index contributed by atoms with van der Waals surface area (Å²) < 4.78 is 2.98. The fraction of sp³-hybridized carbons (Fsp3) is 0.500. The molecule has 2 aromatic heterocycles. The molecule has 2 aromatic rings. The third kappa shape index (κ3) is 3.49. The Morgan fingerprint density at radius 2 is 2.20 bits per heavy atom. The third-order valence-corrected chi connectivity index (χ3v) is 5.15. The van der Waals surface area contributed by atoms with Crippen molar-refractivity contribution in [3.05, 3.63) is 38.3 Å². The van der Waals surface area contributed by atoms with Gasteiger partial charge < -0.3 is 10.6 Å². The highest BCUT2D eigenvalue weighted by molar-refractivity contribution is 9.10. The zero-order valence-electron chi connectivity index (χ0n) is 12.1. The SMILES string of the molecule is CCc1ccc(C(N)c2c(Br)cnn2CCN(C)C)s1. The van der Waals surface area contributed by atoms with Crippen molar-refractivity contribution in [2.75, 3.05) is 20.6 Å². The van der Waals surface area contributed by atoms with Gasteiger partial charge in [-0.25, -0.2) is 0 Å². The molecule has 6 heteroatoms. The molecule has 20 heavy (non-hydrogen) atoms. The molecular weight excluding hydrogens is 336 g/mol. The second kappa shape index (κ2) is 6.85. The van der Waals surface area contributed by atoms with E-state index in [0.29, 0.717) is 0 Å². The Morgan fingerprint density at radius 1 is 1.45 bits per heavy atom. The number of nitrogens with two attached hydrogens (primary N) is 1. The molecule has 1 unspecified atom stereocenters. The molecule has 0 aliphatic carbocycles. The Hall–Kier alpha value is -0.690. The topological polar surface area (TPSA) is 47.1 Å². The second-order valence-corrected chi connectivity index (χ2v) is 7.09. The summed E-state index contributed by atoms with van der Waals surface area (Å²) in [6, 6.07) is 4.16. The van der Waals surface area contributed by atoms with E-state index in [0.717, 1.165) is 29.7 Å². The maximum Gasteiger partial charge on any atom is 0.0828 e. The molecule has 0 radical (unpaired) electrons. The summed E-state index contributed by atoms with van der Waals surface area (Å²) >= 11 is 5.36. The average Bonchev–Trinajstić information content (AvgIpc) is 3.02. The lowest BCUT2D eigenvalue weighted by Crippen LogP contribution is -2.23. The van der Waals surface area contributed by atoms with Crippen LogP contribution in [0.1, 0.15) is 28.4 Å². The van der Waals surface area contributed by atoms with Crippen molar-refractivity contribution in [1.29, 1.82) is 0 Å². The van der Waals surface area contributed by atoms with Gasteiger partial charge in [0.1, 0.15) is 0 Å². The first-order valence-electron chi connectivity index (χ1n) is 6.73. The van der Waals surface area contributed by atoms with Gasteiger partial charge in [0.25, 0.3) is 0 Å². The van der Waals surface area contributed by atoms with Gasteiger partial charge in [-0.05, 0) is 48.6 Å². The van der Waals surface area contributed by atoms with Crippen LogP contribution in [0.15, 0.2) is 22.8 Å². The molecule has 0 saturated carbocycles. The Labute approximate surface area is 132 Å². The molecular formula is C14H21BrN4S. The largest absolute Gasteiger partial charge is 0.318 e. The molecule has 4 nitrogen and oxygen atoms in total. The summed E-state index contributed by atoms with van der Waals surface area (Å²) in [5.41, 5.74) is 7.49. The second-order valence-electron chi connectivity index (χ2n) is 5.04. The molecule has 2 rings (SSSR count). The lowest BCUT2D eigenvalue weighted by atomic mass is 10.2. The van der Waals surface area contributed by atoms with Crippen LogP contribution in [0.5, 0.6) is 0 Å². The van der Waals surface area contributed by atoms with E-state index in [4.69, 9.17) is 5.73 Å². The number of likely N-dealkylation sites (N-methyl/N-ethyl adjacent to an activating group) is 1. The van der Waals surface area contributed by atoms with Crippen LogP contribution in [0.2, 0.25) is 0 Å². The maximum absolute atomic E-state index is 6.44. The molecule has 2 heterocycles. The first-order chi connectivity index (χ1) is 9.52. The molecule has 0 fully saturated rings. The Kier molecular flexibility index (Phi) is 5.37. The van der Waals surface area contributed by atoms with E-state index in [9.17, 15) is 0 Å². The van der Waals surface area contributed by atoms with Crippen molar-refractivity contribution in [2.45, 2.75) is 25.9 Å². The quantitative estimate of drug-likeness (QED) is 0.865. The number of hydrogen-bond donors (Lipinski definition) is 1. The number of hydrogen-bond acceptors (Lipinski definition) is 4. The first-order valence-corrected chi connectivity index (χ1v) is 8.34. The van der Waals surface area contributed by atoms with Crippen molar-refractivity contribution in [2.24, 2.45) is 5.73 Å². The number of aryl methyl sites for hydroxylation is 1. The molecule has 0 aromatic carbocycles. The molecule has 1 atom stereocenters. The minimum absolute atomic E-state index is 0.126. The lowest BCUT2D eigenvalue weighted by Gasteiger charge is -2.16. The standard InChI is InChI=1S/C14H21BrN4S/c1-4-10-5-6-12(20-10)13(16)14-11(15)9-17-19(14)8-7-18(2)3/h5-6,9,13H,4,7-8,16H2,1-3H3. The maximum atomic E-state index is 6.44. The Balaban J connectivity index is 2.24. The molecule has 0 aliphatic rings.